The third-order valence-electron chi connectivity index (χ3n) is 7.61. The largest absolute Gasteiger partial charge is 0.494 e. The van der Waals surface area contributed by atoms with Gasteiger partial charge in [0.25, 0.3) is 11.5 Å². The smallest absolute Gasteiger partial charge is 0.267 e. The predicted octanol–water partition coefficient (Wildman–Crippen LogP) is 7.32. The number of anilines is 2. The Bertz CT molecular complexity index is 1930. The molecule has 0 saturated carbocycles. The van der Waals surface area contributed by atoms with Crippen molar-refractivity contribution >= 4 is 56.5 Å². The quantitative estimate of drug-likeness (QED) is 0.130. The predicted molar refractivity (Wildman–Crippen MR) is 183 cm³/mol. The van der Waals surface area contributed by atoms with Crippen LogP contribution in [0.1, 0.15) is 51.7 Å². The minimum Gasteiger partial charge on any atom is -0.494 e. The molecule has 1 aliphatic carbocycles. The van der Waals surface area contributed by atoms with Gasteiger partial charge in [0.1, 0.15) is 10.6 Å². The highest BCUT2D eigenvalue weighted by Crippen LogP contribution is 2.35. The number of thiophene rings is 1. The van der Waals surface area contributed by atoms with Gasteiger partial charge in [-0.25, -0.2) is 4.98 Å². The van der Waals surface area contributed by atoms with Crippen molar-refractivity contribution in [3.8, 4) is 11.4 Å². The molecule has 0 aliphatic heterocycles. The fraction of sp³-hybridized carbons (Fsp3) is 0.257. The Hall–Kier alpha value is -4.41. The van der Waals surface area contributed by atoms with Crippen molar-refractivity contribution in [1.29, 1.82) is 0 Å². The number of nitrogens with zero attached hydrogens (tertiary/aromatic N) is 2. The zero-order chi connectivity index (χ0) is 31.5. The van der Waals surface area contributed by atoms with Crippen LogP contribution in [0.2, 0.25) is 0 Å². The minimum absolute atomic E-state index is 0.0633. The minimum atomic E-state index is -0.256. The van der Waals surface area contributed by atoms with Crippen LogP contribution in [0, 0.1) is 13.8 Å². The number of carbonyl (C=O) groups excluding carboxylic acids is 2. The van der Waals surface area contributed by atoms with E-state index < -0.39 is 0 Å². The molecule has 0 spiro atoms. The maximum absolute atomic E-state index is 14.1. The number of ether oxygens (including phenoxy) is 1. The van der Waals surface area contributed by atoms with Gasteiger partial charge in [0, 0.05) is 21.8 Å². The molecule has 0 bridgehead atoms. The molecule has 2 aromatic heterocycles. The lowest BCUT2D eigenvalue weighted by Crippen LogP contribution is -2.23. The summed E-state index contributed by atoms with van der Waals surface area (Å²) in [4.78, 5) is 46.8. The Morgan fingerprint density at radius 3 is 2.31 bits per heavy atom. The number of fused-ring (bicyclic) bond motifs is 3. The Kier molecular flexibility index (Phi) is 9.04. The highest BCUT2D eigenvalue weighted by Gasteiger charge is 2.23. The van der Waals surface area contributed by atoms with Crippen LogP contribution in [-0.4, -0.2) is 33.7 Å². The second-order valence-electron chi connectivity index (χ2n) is 11.1. The van der Waals surface area contributed by atoms with Crippen LogP contribution in [0.3, 0.4) is 0 Å². The van der Waals surface area contributed by atoms with Gasteiger partial charge < -0.3 is 15.4 Å². The number of amides is 2. The first-order valence-corrected chi connectivity index (χ1v) is 16.8. The van der Waals surface area contributed by atoms with Gasteiger partial charge in [0.05, 0.1) is 23.4 Å². The molecule has 230 valence electrons. The van der Waals surface area contributed by atoms with Crippen molar-refractivity contribution in [1.82, 2.24) is 9.55 Å². The number of hydrogen-bond acceptors (Lipinski definition) is 7. The Balaban J connectivity index is 1.17. The molecule has 2 N–H and O–H groups in total. The molecule has 0 saturated heterocycles. The van der Waals surface area contributed by atoms with E-state index in [1.807, 2.05) is 32.9 Å². The van der Waals surface area contributed by atoms with Crippen molar-refractivity contribution in [2.45, 2.75) is 51.6 Å². The summed E-state index contributed by atoms with van der Waals surface area (Å²) in [6.07, 6.45) is 4.08. The third kappa shape index (κ3) is 6.82. The molecule has 2 heterocycles. The summed E-state index contributed by atoms with van der Waals surface area (Å²) in [7, 11) is 0. The number of thioether (sulfide) groups is 1. The highest BCUT2D eigenvalue weighted by atomic mass is 32.2. The number of aromatic nitrogens is 2. The van der Waals surface area contributed by atoms with Crippen LogP contribution in [0.25, 0.3) is 15.9 Å². The molecule has 1 aliphatic rings. The molecule has 8 nitrogen and oxygen atoms in total. The van der Waals surface area contributed by atoms with Crippen LogP contribution >= 0.6 is 23.1 Å². The number of aryl methyl sites for hydroxylation is 4. The van der Waals surface area contributed by atoms with Gasteiger partial charge in [0.2, 0.25) is 5.91 Å². The number of nitrogens with one attached hydrogen (secondary N) is 2. The van der Waals surface area contributed by atoms with E-state index in [9.17, 15) is 14.4 Å². The Morgan fingerprint density at radius 1 is 0.933 bits per heavy atom. The van der Waals surface area contributed by atoms with E-state index in [1.165, 1.54) is 16.6 Å². The van der Waals surface area contributed by atoms with Crippen LogP contribution in [0.15, 0.2) is 76.7 Å². The summed E-state index contributed by atoms with van der Waals surface area (Å²) in [5.74, 6) is 0.310. The van der Waals surface area contributed by atoms with Crippen molar-refractivity contribution in [2.75, 3.05) is 23.0 Å². The van der Waals surface area contributed by atoms with Crippen molar-refractivity contribution in [2.24, 2.45) is 0 Å². The number of hydrogen-bond donors (Lipinski definition) is 2. The third-order valence-corrected chi connectivity index (χ3v) is 9.73. The first-order valence-electron chi connectivity index (χ1n) is 15.0. The van der Waals surface area contributed by atoms with E-state index in [4.69, 9.17) is 9.72 Å². The molecule has 2 amide bonds. The summed E-state index contributed by atoms with van der Waals surface area (Å²) in [6, 6.07) is 19.9. The fourth-order valence-electron chi connectivity index (χ4n) is 5.63. The highest BCUT2D eigenvalue weighted by molar-refractivity contribution is 7.99. The lowest BCUT2D eigenvalue weighted by atomic mass is 9.97. The van der Waals surface area contributed by atoms with Gasteiger partial charge in [0.15, 0.2) is 5.16 Å². The zero-order valence-electron chi connectivity index (χ0n) is 25.4. The SMILES string of the molecule is CCOc1ccc(NC(=O)c2ccc(NC(=O)CSc3nc4sc5c(c4c(=O)n3-c3cc(C)cc(C)c3)CCCC5)cc2)cc1. The average molecular weight is 639 g/mol. The standard InChI is InChI=1S/C35H34N4O4S2/c1-4-43-27-15-13-25(14-16-27)37-32(41)23-9-11-24(12-10-23)36-30(40)20-44-35-38-33-31(28-7-5-6-8-29(28)45-33)34(42)39(35)26-18-21(2)17-22(3)19-26/h9-19H,4-8,20H2,1-3H3,(H,36,40)(H,37,41). The normalized spacial score (nSPS) is 12.5. The summed E-state index contributed by atoms with van der Waals surface area (Å²) >= 11 is 2.85. The molecular weight excluding hydrogens is 605 g/mol. The number of rotatable bonds is 9. The van der Waals surface area contributed by atoms with Crippen molar-refractivity contribution < 1.29 is 14.3 Å². The molecule has 45 heavy (non-hydrogen) atoms. The van der Waals surface area contributed by atoms with E-state index in [0.29, 0.717) is 34.1 Å². The van der Waals surface area contributed by atoms with Gasteiger partial charge in [-0.2, -0.15) is 0 Å². The molecule has 0 atom stereocenters. The summed E-state index contributed by atoms with van der Waals surface area (Å²) in [6.45, 7) is 6.51. The lowest BCUT2D eigenvalue weighted by Gasteiger charge is -2.15. The maximum atomic E-state index is 14.1. The van der Waals surface area contributed by atoms with Gasteiger partial charge in [-0.15, -0.1) is 11.3 Å². The van der Waals surface area contributed by atoms with Crippen LogP contribution in [0.5, 0.6) is 5.75 Å². The first-order chi connectivity index (χ1) is 21.8. The van der Waals surface area contributed by atoms with Crippen LogP contribution in [0.4, 0.5) is 11.4 Å². The van der Waals surface area contributed by atoms with Crippen molar-refractivity contribution in [3.63, 3.8) is 0 Å². The lowest BCUT2D eigenvalue weighted by molar-refractivity contribution is -0.113. The van der Waals surface area contributed by atoms with Gasteiger partial charge in [-0.1, -0.05) is 17.8 Å². The van der Waals surface area contributed by atoms with Gasteiger partial charge in [-0.05, 0) is 124 Å². The van der Waals surface area contributed by atoms with Gasteiger partial charge in [-0.3, -0.25) is 19.0 Å². The van der Waals surface area contributed by atoms with E-state index >= 15 is 0 Å². The van der Waals surface area contributed by atoms with Crippen molar-refractivity contribution in [3.05, 3.63) is 104 Å². The topological polar surface area (TPSA) is 102 Å². The van der Waals surface area contributed by atoms with E-state index in [1.54, 1.807) is 64.4 Å². The molecule has 0 radical (unpaired) electrons. The molecule has 3 aromatic carbocycles. The van der Waals surface area contributed by atoms with E-state index in [2.05, 4.69) is 16.7 Å². The second kappa shape index (κ2) is 13.3. The number of benzene rings is 3. The average Bonchev–Trinajstić information content (AvgIpc) is 3.40. The maximum Gasteiger partial charge on any atom is 0.267 e. The number of carbonyl (C=O) groups is 2. The molecule has 5 aromatic rings. The Morgan fingerprint density at radius 2 is 1.60 bits per heavy atom. The van der Waals surface area contributed by atoms with Gasteiger partial charge >= 0.3 is 0 Å². The monoisotopic (exact) mass is 638 g/mol. The van der Waals surface area contributed by atoms with Crippen LogP contribution in [-0.2, 0) is 17.6 Å². The fourth-order valence-corrected chi connectivity index (χ4v) is 7.74. The summed E-state index contributed by atoms with van der Waals surface area (Å²) < 4.78 is 7.11. The molecule has 0 fully saturated rings. The summed E-state index contributed by atoms with van der Waals surface area (Å²) in [5, 5.41) is 6.97. The molecule has 10 heteroatoms. The van der Waals surface area contributed by atoms with Crippen LogP contribution < -0.4 is 20.9 Å². The summed E-state index contributed by atoms with van der Waals surface area (Å²) in [5.41, 5.74) is 5.61. The van der Waals surface area contributed by atoms with E-state index in [0.717, 1.165) is 58.6 Å². The second-order valence-corrected chi connectivity index (χ2v) is 13.1. The van der Waals surface area contributed by atoms with E-state index in [-0.39, 0.29) is 23.1 Å². The molecule has 0 unspecified atom stereocenters. The zero-order valence-corrected chi connectivity index (χ0v) is 27.1. The molecular formula is C35H34N4O4S2. The Labute approximate surface area is 269 Å². The molecule has 6 rings (SSSR count). The first kappa shape index (κ1) is 30.6.